The van der Waals surface area contributed by atoms with Gasteiger partial charge in [-0.25, -0.2) is 18.2 Å². The minimum atomic E-state index is -3.51. The van der Waals surface area contributed by atoms with Gasteiger partial charge in [-0.05, 0) is 44.0 Å². The molecule has 5 nitrogen and oxygen atoms in total. The van der Waals surface area contributed by atoms with Crippen molar-refractivity contribution in [2.75, 3.05) is 12.4 Å². The van der Waals surface area contributed by atoms with Crippen LogP contribution in [0.2, 0.25) is 5.02 Å². The maximum Gasteiger partial charge on any atom is 0.201 e. The Morgan fingerprint density at radius 1 is 1.04 bits per heavy atom. The van der Waals surface area contributed by atoms with E-state index in [0.29, 0.717) is 18.1 Å². The molecule has 0 aromatic heterocycles. The minimum absolute atomic E-state index is 0.166. The SMILES string of the molecule is CC1(CS(=O)(=O)c2ccc(Cl)cc2)CCOC2(CCCCC2)OO1. The first-order valence-corrected chi connectivity index (χ1v) is 10.3. The van der Waals surface area contributed by atoms with Gasteiger partial charge in [-0.2, -0.15) is 0 Å². The number of benzene rings is 1. The van der Waals surface area contributed by atoms with Crippen LogP contribution in [0, 0.1) is 0 Å². The quantitative estimate of drug-likeness (QED) is 0.751. The Kier molecular flexibility index (Phi) is 5.23. The number of rotatable bonds is 3. The van der Waals surface area contributed by atoms with E-state index >= 15 is 0 Å². The van der Waals surface area contributed by atoms with Crippen molar-refractivity contribution in [2.24, 2.45) is 0 Å². The summed E-state index contributed by atoms with van der Waals surface area (Å²) in [4.78, 5) is 11.5. The van der Waals surface area contributed by atoms with E-state index in [0.717, 1.165) is 32.1 Å². The van der Waals surface area contributed by atoms with Gasteiger partial charge in [0, 0.05) is 24.3 Å². The second-order valence-electron chi connectivity index (χ2n) is 6.90. The molecule has 0 radical (unpaired) electrons. The van der Waals surface area contributed by atoms with E-state index in [9.17, 15) is 8.42 Å². The van der Waals surface area contributed by atoms with Gasteiger partial charge in [0.1, 0.15) is 5.60 Å². The number of ether oxygens (including phenoxy) is 1. The van der Waals surface area contributed by atoms with E-state index in [1.54, 1.807) is 19.1 Å². The zero-order valence-electron chi connectivity index (χ0n) is 13.8. The lowest BCUT2D eigenvalue weighted by molar-refractivity contribution is -0.449. The molecule has 2 fully saturated rings. The van der Waals surface area contributed by atoms with Crippen molar-refractivity contribution in [3.05, 3.63) is 29.3 Å². The van der Waals surface area contributed by atoms with E-state index < -0.39 is 21.2 Å². The van der Waals surface area contributed by atoms with E-state index in [1.807, 2.05) is 0 Å². The molecule has 134 valence electrons. The molecule has 0 N–H and O–H groups in total. The molecule has 1 aromatic rings. The van der Waals surface area contributed by atoms with Gasteiger partial charge in [-0.1, -0.05) is 18.0 Å². The summed E-state index contributed by atoms with van der Waals surface area (Å²) in [6, 6.07) is 6.16. The topological polar surface area (TPSA) is 61.8 Å². The van der Waals surface area contributed by atoms with Crippen molar-refractivity contribution < 1.29 is 22.9 Å². The molecule has 24 heavy (non-hydrogen) atoms. The predicted molar refractivity (Wildman–Crippen MR) is 90.5 cm³/mol. The molecule has 1 unspecified atom stereocenters. The number of sulfone groups is 1. The fourth-order valence-electron chi connectivity index (χ4n) is 3.24. The third kappa shape index (κ3) is 4.11. The van der Waals surface area contributed by atoms with Crippen molar-refractivity contribution in [1.82, 2.24) is 0 Å². The number of hydrogen-bond donors (Lipinski definition) is 0. The standard InChI is InChI=1S/C17H23ClO5S/c1-16(13-24(19,20)15-7-5-14(18)6-8-15)11-12-21-17(23-22-16)9-3-2-4-10-17/h5-8H,2-4,9-13H2,1H3. The van der Waals surface area contributed by atoms with Crippen LogP contribution >= 0.6 is 11.6 Å². The summed E-state index contributed by atoms with van der Waals surface area (Å²) in [6.45, 7) is 2.18. The zero-order chi connectivity index (χ0) is 17.3. The summed E-state index contributed by atoms with van der Waals surface area (Å²) in [5.41, 5.74) is -0.945. The molecule has 0 amide bonds. The van der Waals surface area contributed by atoms with E-state index in [4.69, 9.17) is 26.1 Å². The second-order valence-corrected chi connectivity index (χ2v) is 9.33. The lowest BCUT2D eigenvalue weighted by Crippen LogP contribution is -2.40. The second kappa shape index (κ2) is 6.92. The molecule has 1 spiro atoms. The van der Waals surface area contributed by atoms with Gasteiger partial charge in [0.25, 0.3) is 0 Å². The Morgan fingerprint density at radius 2 is 1.71 bits per heavy atom. The molecule has 1 heterocycles. The Labute approximate surface area is 148 Å². The highest BCUT2D eigenvalue weighted by atomic mass is 35.5. The van der Waals surface area contributed by atoms with Gasteiger partial charge in [0.15, 0.2) is 9.84 Å². The maximum atomic E-state index is 12.7. The summed E-state index contributed by atoms with van der Waals surface area (Å²) >= 11 is 5.83. The molecule has 1 aliphatic heterocycles. The fraction of sp³-hybridized carbons (Fsp3) is 0.647. The highest BCUT2D eigenvalue weighted by molar-refractivity contribution is 7.91. The maximum absolute atomic E-state index is 12.7. The highest BCUT2D eigenvalue weighted by Crippen LogP contribution is 2.38. The molecule has 1 saturated carbocycles. The minimum Gasteiger partial charge on any atom is -0.347 e. The Morgan fingerprint density at radius 3 is 2.38 bits per heavy atom. The first kappa shape index (κ1) is 18.1. The summed E-state index contributed by atoms with van der Waals surface area (Å²) in [5.74, 6) is -0.874. The fourth-order valence-corrected chi connectivity index (χ4v) is 5.08. The average molecular weight is 375 g/mol. The molecule has 1 aromatic carbocycles. The van der Waals surface area contributed by atoms with E-state index in [-0.39, 0.29) is 10.6 Å². The van der Waals surface area contributed by atoms with E-state index in [2.05, 4.69) is 0 Å². The van der Waals surface area contributed by atoms with Crippen LogP contribution in [0.1, 0.15) is 45.4 Å². The predicted octanol–water partition coefficient (Wildman–Crippen LogP) is 3.90. The summed E-state index contributed by atoms with van der Waals surface area (Å²) in [5, 5.41) is 0.502. The van der Waals surface area contributed by atoms with Gasteiger partial charge in [0.2, 0.25) is 5.79 Å². The molecule has 0 bridgehead atoms. The normalized spacial score (nSPS) is 27.8. The van der Waals surface area contributed by atoms with Crippen molar-refractivity contribution in [3.8, 4) is 0 Å². The van der Waals surface area contributed by atoms with Gasteiger partial charge in [-0.3, -0.25) is 0 Å². The number of halogens is 1. The zero-order valence-corrected chi connectivity index (χ0v) is 15.4. The Bertz CT molecular complexity index is 667. The monoisotopic (exact) mass is 374 g/mol. The van der Waals surface area contributed by atoms with Gasteiger partial charge >= 0.3 is 0 Å². The first-order chi connectivity index (χ1) is 11.3. The molecule has 7 heteroatoms. The summed E-state index contributed by atoms with van der Waals surface area (Å²) < 4.78 is 31.3. The van der Waals surface area contributed by atoms with Crippen molar-refractivity contribution in [3.63, 3.8) is 0 Å². The molecule has 1 saturated heterocycles. The van der Waals surface area contributed by atoms with Crippen LogP contribution in [-0.4, -0.2) is 32.2 Å². The van der Waals surface area contributed by atoms with Crippen LogP contribution < -0.4 is 0 Å². The summed E-state index contributed by atoms with van der Waals surface area (Å²) in [7, 11) is -3.51. The van der Waals surface area contributed by atoms with Crippen LogP contribution in [0.5, 0.6) is 0 Å². The summed E-state index contributed by atoms with van der Waals surface area (Å²) in [6.07, 6.45) is 5.25. The third-order valence-corrected chi connectivity index (χ3v) is 6.91. The molecule has 2 aliphatic rings. The molecular weight excluding hydrogens is 352 g/mol. The lowest BCUT2D eigenvalue weighted by Gasteiger charge is -2.34. The van der Waals surface area contributed by atoms with Crippen LogP contribution in [0.4, 0.5) is 0 Å². The van der Waals surface area contributed by atoms with Crippen LogP contribution in [0.3, 0.4) is 0 Å². The molecular formula is C17H23ClO5S. The highest BCUT2D eigenvalue weighted by Gasteiger charge is 2.44. The van der Waals surface area contributed by atoms with Crippen LogP contribution in [0.25, 0.3) is 0 Å². The third-order valence-electron chi connectivity index (χ3n) is 4.67. The van der Waals surface area contributed by atoms with Gasteiger partial charge in [-0.15, -0.1) is 0 Å². The Hall–Kier alpha value is -0.660. The van der Waals surface area contributed by atoms with Crippen molar-refractivity contribution >= 4 is 21.4 Å². The number of hydrogen-bond acceptors (Lipinski definition) is 5. The average Bonchev–Trinajstić information content (AvgIpc) is 2.68. The lowest BCUT2D eigenvalue weighted by atomic mass is 9.94. The molecule has 1 aliphatic carbocycles. The molecule has 1 atom stereocenters. The molecule has 3 rings (SSSR count). The smallest absolute Gasteiger partial charge is 0.201 e. The van der Waals surface area contributed by atoms with Gasteiger partial charge < -0.3 is 4.74 Å². The van der Waals surface area contributed by atoms with E-state index in [1.165, 1.54) is 12.1 Å². The van der Waals surface area contributed by atoms with Gasteiger partial charge in [0.05, 0.1) is 17.3 Å². The van der Waals surface area contributed by atoms with Crippen molar-refractivity contribution in [2.45, 2.75) is 61.7 Å². The van der Waals surface area contributed by atoms with Crippen molar-refractivity contribution in [1.29, 1.82) is 0 Å². The Balaban J connectivity index is 1.72. The van der Waals surface area contributed by atoms with Crippen LogP contribution in [0.15, 0.2) is 29.2 Å². The first-order valence-electron chi connectivity index (χ1n) is 8.32. The van der Waals surface area contributed by atoms with Crippen LogP contribution in [-0.2, 0) is 24.3 Å². The largest absolute Gasteiger partial charge is 0.347 e.